The van der Waals surface area contributed by atoms with Crippen LogP contribution in [0.1, 0.15) is 40.5 Å². The topological polar surface area (TPSA) is 182 Å². The molecule has 0 aromatic heterocycles. The highest BCUT2D eigenvalue weighted by atomic mass is 79.9. The molecule has 4 aromatic carbocycles. The number of benzene rings is 4. The summed E-state index contributed by atoms with van der Waals surface area (Å²) in [5.74, 6) is -0.571. The lowest BCUT2D eigenvalue weighted by Gasteiger charge is -2.29. The Labute approximate surface area is 278 Å². The average Bonchev–Trinajstić information content (AvgIpc) is 3.38. The van der Waals surface area contributed by atoms with Crippen LogP contribution in [-0.4, -0.2) is 37.4 Å². The summed E-state index contributed by atoms with van der Waals surface area (Å²) in [6.45, 7) is 0. The first-order chi connectivity index (χ1) is 22.7. The molecule has 0 bridgehead atoms. The van der Waals surface area contributed by atoms with E-state index in [1.807, 2.05) is 48.5 Å². The average molecular weight is 697 g/mol. The summed E-state index contributed by atoms with van der Waals surface area (Å²) in [7, 11) is 3.02. The zero-order valence-electron chi connectivity index (χ0n) is 25.3. The van der Waals surface area contributed by atoms with Gasteiger partial charge in [0.25, 0.3) is 0 Å². The monoisotopic (exact) mass is 695 g/mol. The Balaban J connectivity index is 1.34. The zero-order valence-corrected chi connectivity index (χ0v) is 26.9. The molecule has 0 fully saturated rings. The molecule has 11 nitrogen and oxygen atoms in total. The zero-order chi connectivity index (χ0) is 33.4. The van der Waals surface area contributed by atoms with Crippen molar-refractivity contribution in [2.45, 2.75) is 24.3 Å². The minimum atomic E-state index is -1.34. The van der Waals surface area contributed by atoms with Crippen LogP contribution in [0.25, 0.3) is 11.1 Å². The fraction of sp³-hybridized carbons (Fsp3) is 0.171. The van der Waals surface area contributed by atoms with Crippen LogP contribution >= 0.6 is 15.9 Å². The molecule has 4 aromatic rings. The van der Waals surface area contributed by atoms with Gasteiger partial charge in [-0.3, -0.25) is 4.79 Å². The van der Waals surface area contributed by atoms with Crippen molar-refractivity contribution in [2.24, 2.45) is 5.73 Å². The predicted octanol–water partition coefficient (Wildman–Crippen LogP) is 6.04. The van der Waals surface area contributed by atoms with Gasteiger partial charge in [0.2, 0.25) is 11.8 Å². The molecular formula is C35H30BrN5O6. The van der Waals surface area contributed by atoms with E-state index in [-0.39, 0.29) is 40.9 Å². The van der Waals surface area contributed by atoms with Gasteiger partial charge in [-0.2, -0.15) is 5.26 Å². The van der Waals surface area contributed by atoms with Gasteiger partial charge in [0.1, 0.15) is 17.7 Å². The molecule has 7 N–H and O–H groups in total. The third-order valence-corrected chi connectivity index (χ3v) is 9.11. The highest BCUT2D eigenvalue weighted by molar-refractivity contribution is 9.10. The Morgan fingerprint density at radius 3 is 2.26 bits per heavy atom. The number of carbonyl (C=O) groups is 2. The second kappa shape index (κ2) is 12.6. The fourth-order valence-electron chi connectivity index (χ4n) is 6.45. The molecule has 47 heavy (non-hydrogen) atoms. The number of carbonyl (C=O) groups excluding carboxylic acids is 1. The third kappa shape index (κ3) is 5.55. The smallest absolute Gasteiger partial charge is 0.405 e. The molecule has 0 spiro atoms. The molecule has 2 aliphatic rings. The number of nitrogens with one attached hydrogen (secondary N) is 2. The maximum Gasteiger partial charge on any atom is 0.405 e. The summed E-state index contributed by atoms with van der Waals surface area (Å²) < 4.78 is 17.4. The van der Waals surface area contributed by atoms with Crippen molar-refractivity contribution in [3.05, 3.63) is 111 Å². The number of halogens is 1. The first-order valence-electron chi connectivity index (χ1n) is 14.6. The minimum absolute atomic E-state index is 0.0611. The molecule has 0 saturated heterocycles. The van der Waals surface area contributed by atoms with Crippen molar-refractivity contribution < 1.29 is 28.9 Å². The molecule has 0 saturated carbocycles. The van der Waals surface area contributed by atoms with E-state index in [1.54, 1.807) is 24.3 Å². The van der Waals surface area contributed by atoms with Gasteiger partial charge in [-0.15, -0.1) is 0 Å². The number of nitrogens with two attached hydrogens (primary N) is 2. The van der Waals surface area contributed by atoms with E-state index in [1.165, 1.54) is 14.2 Å². The Bertz CT molecular complexity index is 1960. The number of rotatable bonds is 8. The van der Waals surface area contributed by atoms with Crippen molar-refractivity contribution in [3.8, 4) is 34.4 Å². The largest absolute Gasteiger partial charge is 0.493 e. The molecule has 12 heteroatoms. The fourth-order valence-corrected chi connectivity index (χ4v) is 7.07. The molecule has 1 heterocycles. The molecule has 1 aliphatic carbocycles. The number of carboxylic acid groups (broad SMARTS) is 1. The summed E-state index contributed by atoms with van der Waals surface area (Å²) in [5, 5.41) is 24.9. The minimum Gasteiger partial charge on any atom is -0.493 e. The van der Waals surface area contributed by atoms with Crippen LogP contribution < -0.4 is 36.3 Å². The van der Waals surface area contributed by atoms with E-state index in [2.05, 4.69) is 32.6 Å². The maximum absolute atomic E-state index is 13.8. The Kier molecular flexibility index (Phi) is 8.40. The first kappa shape index (κ1) is 31.3. The van der Waals surface area contributed by atoms with Crippen LogP contribution in [0.3, 0.4) is 0 Å². The van der Waals surface area contributed by atoms with Crippen LogP contribution in [0.4, 0.5) is 16.2 Å². The van der Waals surface area contributed by atoms with Crippen LogP contribution in [0.5, 0.6) is 17.2 Å². The number of amides is 2. The van der Waals surface area contributed by atoms with E-state index < -0.39 is 24.0 Å². The molecule has 2 atom stereocenters. The Morgan fingerprint density at radius 1 is 1.00 bits per heavy atom. The van der Waals surface area contributed by atoms with E-state index in [4.69, 9.17) is 25.7 Å². The highest BCUT2D eigenvalue weighted by Crippen LogP contribution is 2.50. The number of nitrogens with zero attached hydrogens (tertiary/aromatic N) is 1. The van der Waals surface area contributed by atoms with Crippen molar-refractivity contribution in [1.29, 1.82) is 5.26 Å². The van der Waals surface area contributed by atoms with Gasteiger partial charge in [0.05, 0.1) is 36.0 Å². The van der Waals surface area contributed by atoms with Gasteiger partial charge in [0, 0.05) is 11.5 Å². The number of ether oxygens (including phenoxy) is 3. The van der Waals surface area contributed by atoms with Crippen LogP contribution in [-0.2, 0) is 4.79 Å². The lowest BCUT2D eigenvalue weighted by atomic mass is 9.83. The van der Waals surface area contributed by atoms with Gasteiger partial charge in [-0.25, -0.2) is 4.79 Å². The SMILES string of the molecule is COc1cc([C@H]2C(C#N)=C(N)Oc3c2ccc(NC(=O)C(CC2c4ccccc4-c4ccccc42)NC(=O)O)c3N)cc(Br)c1OC. The van der Waals surface area contributed by atoms with Crippen molar-refractivity contribution in [2.75, 3.05) is 25.3 Å². The van der Waals surface area contributed by atoms with Crippen molar-refractivity contribution in [1.82, 2.24) is 5.32 Å². The summed E-state index contributed by atoms with van der Waals surface area (Å²) >= 11 is 3.51. The Morgan fingerprint density at radius 2 is 1.66 bits per heavy atom. The number of allylic oxidation sites excluding steroid dienone is 1. The second-order valence-electron chi connectivity index (χ2n) is 11.1. The van der Waals surface area contributed by atoms with E-state index in [9.17, 15) is 20.0 Å². The third-order valence-electron chi connectivity index (χ3n) is 8.52. The second-order valence-corrected chi connectivity index (χ2v) is 11.9. The predicted molar refractivity (Wildman–Crippen MR) is 179 cm³/mol. The van der Waals surface area contributed by atoms with Crippen molar-refractivity contribution in [3.63, 3.8) is 0 Å². The quantitative estimate of drug-likeness (QED) is 0.137. The number of fused-ring (bicyclic) bond motifs is 4. The molecule has 1 aliphatic heterocycles. The first-order valence-corrected chi connectivity index (χ1v) is 15.4. The molecular weight excluding hydrogens is 666 g/mol. The van der Waals surface area contributed by atoms with Gasteiger partial charge < -0.3 is 41.4 Å². The summed E-state index contributed by atoms with van der Waals surface area (Å²) in [6.07, 6.45) is -1.16. The number of hydrogen-bond acceptors (Lipinski definition) is 8. The number of nitriles is 1. The lowest BCUT2D eigenvalue weighted by Crippen LogP contribution is -2.44. The molecule has 0 radical (unpaired) electrons. The molecule has 6 rings (SSSR count). The van der Waals surface area contributed by atoms with Gasteiger partial charge in [-0.05, 0) is 68.4 Å². The Hall–Kier alpha value is -5.67. The number of nitrogen functional groups attached to an aromatic ring is 1. The van der Waals surface area contributed by atoms with E-state index >= 15 is 0 Å². The van der Waals surface area contributed by atoms with Gasteiger partial charge in [-0.1, -0.05) is 54.6 Å². The molecule has 2 amide bonds. The number of hydrogen-bond donors (Lipinski definition) is 5. The standard InChI is InChI=1S/C35H30BrN5O6/c1-45-28-14-17(13-25(36)32(28)46-2)29-22-11-12-26(30(38)31(22)47-33(39)24(29)16-37)40-34(42)27(41-35(43)44)15-23-20-9-5-3-7-18(20)19-8-4-6-10-21(19)23/h3-14,23,27,29,41H,15,38-39H2,1-2H3,(H,40,42)(H,43,44)/t27?,29-/m1/s1. The maximum atomic E-state index is 13.8. The summed E-state index contributed by atoms with van der Waals surface area (Å²) in [4.78, 5) is 25.6. The molecule has 1 unspecified atom stereocenters. The number of anilines is 2. The van der Waals surface area contributed by atoms with Crippen molar-refractivity contribution >= 4 is 39.3 Å². The van der Waals surface area contributed by atoms with Crippen LogP contribution in [0, 0.1) is 11.3 Å². The summed E-state index contributed by atoms with van der Waals surface area (Å²) in [6, 6.07) is 23.6. The van der Waals surface area contributed by atoms with E-state index in [0.29, 0.717) is 27.1 Å². The van der Waals surface area contributed by atoms with Gasteiger partial charge in [0.15, 0.2) is 17.2 Å². The highest BCUT2D eigenvalue weighted by Gasteiger charge is 2.36. The van der Waals surface area contributed by atoms with E-state index in [0.717, 1.165) is 22.3 Å². The van der Waals surface area contributed by atoms with Gasteiger partial charge >= 0.3 is 6.09 Å². The van der Waals surface area contributed by atoms with Crippen LogP contribution in [0.15, 0.2) is 88.7 Å². The van der Waals surface area contributed by atoms with Crippen LogP contribution in [0.2, 0.25) is 0 Å². The summed E-state index contributed by atoms with van der Waals surface area (Å²) in [5.41, 5.74) is 18.6. The normalized spacial score (nSPS) is 15.3. The lowest BCUT2D eigenvalue weighted by molar-refractivity contribution is -0.118. The number of methoxy groups -OCH3 is 2. The molecule has 238 valence electrons.